The quantitative estimate of drug-likeness (QED) is 0.547. The molecule has 0 aromatic heterocycles. The Labute approximate surface area is 150 Å². The Hall–Kier alpha value is -1.18. The molecule has 0 radical (unpaired) electrons. The first-order valence-corrected chi connectivity index (χ1v) is 9.66. The van der Waals surface area contributed by atoms with Gasteiger partial charge in [0.1, 0.15) is 12.3 Å². The Morgan fingerprint density at radius 1 is 1.20 bits per heavy atom. The van der Waals surface area contributed by atoms with Gasteiger partial charge < -0.3 is 14.7 Å². The highest BCUT2D eigenvalue weighted by Crippen LogP contribution is 2.25. The van der Waals surface area contributed by atoms with Crippen LogP contribution in [0.15, 0.2) is 0 Å². The summed E-state index contributed by atoms with van der Waals surface area (Å²) in [5.74, 6) is -0.521. The van der Waals surface area contributed by atoms with Crippen molar-refractivity contribution in [2.24, 2.45) is 5.92 Å². The maximum Gasteiger partial charge on any atom is 0.325 e. The topological polar surface area (TPSA) is 90.9 Å². The molecule has 0 aromatic carbocycles. The summed E-state index contributed by atoms with van der Waals surface area (Å²) < 4.78 is 5.98. The minimum absolute atomic E-state index is 0.115. The molecule has 3 N–H and O–H groups in total. The third-order valence-corrected chi connectivity index (χ3v) is 5.19. The largest absolute Gasteiger partial charge is 0.389 e. The Bertz CT molecular complexity index is 460. The monoisotopic (exact) mass is 355 g/mol. The van der Waals surface area contributed by atoms with Crippen LogP contribution in [0.5, 0.6) is 0 Å². The van der Waals surface area contributed by atoms with Crippen molar-refractivity contribution in [2.75, 3.05) is 13.2 Å². The molecule has 0 aromatic rings. The molecule has 2 rings (SSSR count). The third-order valence-electron chi connectivity index (χ3n) is 5.19. The Morgan fingerprint density at radius 3 is 2.60 bits per heavy atom. The van der Waals surface area contributed by atoms with Gasteiger partial charge >= 0.3 is 6.03 Å². The number of rotatable bonds is 9. The van der Waals surface area contributed by atoms with Crippen molar-refractivity contribution in [2.45, 2.75) is 83.7 Å². The summed E-state index contributed by atoms with van der Waals surface area (Å²) in [6, 6.07) is -0.531. The summed E-state index contributed by atoms with van der Waals surface area (Å²) in [6.45, 7) is 6.88. The van der Waals surface area contributed by atoms with Gasteiger partial charge in [0.15, 0.2) is 0 Å². The van der Waals surface area contributed by atoms with E-state index >= 15 is 0 Å². The van der Waals surface area contributed by atoms with Crippen LogP contribution in [-0.2, 0) is 9.53 Å². The molecule has 3 amide bonds. The first-order valence-electron chi connectivity index (χ1n) is 9.66. The Kier molecular flexibility index (Phi) is 7.65. The lowest BCUT2D eigenvalue weighted by molar-refractivity contribution is -0.126. The number of unbranched alkanes of at least 4 members (excludes halogenated alkanes) is 4. The molecule has 2 unspecified atom stereocenters. The van der Waals surface area contributed by atoms with Gasteiger partial charge in [0.2, 0.25) is 5.91 Å². The predicted octanol–water partition coefficient (Wildman–Crippen LogP) is 1.60. The Morgan fingerprint density at radius 2 is 1.92 bits per heavy atom. The van der Waals surface area contributed by atoms with Crippen molar-refractivity contribution in [1.82, 2.24) is 15.5 Å². The summed E-state index contributed by atoms with van der Waals surface area (Å²) in [5, 5.41) is 16.3. The number of amides is 3. The van der Waals surface area contributed by atoms with E-state index in [0.717, 1.165) is 19.3 Å². The zero-order chi connectivity index (χ0) is 18.4. The van der Waals surface area contributed by atoms with Gasteiger partial charge in [-0.25, -0.2) is 4.79 Å². The zero-order valence-corrected chi connectivity index (χ0v) is 15.7. The molecule has 144 valence electrons. The summed E-state index contributed by atoms with van der Waals surface area (Å²) in [7, 11) is 0. The van der Waals surface area contributed by atoms with E-state index in [4.69, 9.17) is 4.74 Å². The van der Waals surface area contributed by atoms with Crippen molar-refractivity contribution in [1.29, 1.82) is 0 Å². The van der Waals surface area contributed by atoms with Crippen molar-refractivity contribution < 1.29 is 19.4 Å². The van der Waals surface area contributed by atoms with Crippen LogP contribution < -0.4 is 10.6 Å². The minimum Gasteiger partial charge on any atom is -0.389 e. The molecule has 25 heavy (non-hydrogen) atoms. The molecular weight excluding hydrogens is 322 g/mol. The maximum atomic E-state index is 12.2. The van der Waals surface area contributed by atoms with Crippen LogP contribution in [0.3, 0.4) is 0 Å². The van der Waals surface area contributed by atoms with Crippen LogP contribution in [0.25, 0.3) is 0 Å². The number of ether oxygens (including phenoxy) is 1. The molecule has 0 aliphatic carbocycles. The molecule has 2 saturated heterocycles. The number of imide groups is 1. The van der Waals surface area contributed by atoms with Crippen molar-refractivity contribution >= 4 is 11.9 Å². The highest BCUT2D eigenvalue weighted by Gasteiger charge is 2.47. The molecule has 2 aliphatic heterocycles. The standard InChI is InChI=1S/C18H33N3O4/c1-4-6-7-8-9-10-25-15-14(22)13(5-2)19-16(15)21-11-12(3)17(23)20-18(21)24/h12-16,19,22H,4-11H2,1-3H3,(H,20,23,24)/t12?,13-,14?,15+,16+/m1/s1. The Balaban J connectivity index is 1.96. The lowest BCUT2D eigenvalue weighted by Gasteiger charge is -2.37. The number of aliphatic hydroxyl groups excluding tert-OH is 1. The van der Waals surface area contributed by atoms with Crippen LogP contribution >= 0.6 is 0 Å². The second kappa shape index (κ2) is 9.50. The van der Waals surface area contributed by atoms with E-state index in [1.54, 1.807) is 11.8 Å². The molecule has 5 atom stereocenters. The fourth-order valence-electron chi connectivity index (χ4n) is 3.57. The fraction of sp³-hybridized carbons (Fsp3) is 0.889. The van der Waals surface area contributed by atoms with E-state index in [2.05, 4.69) is 17.6 Å². The highest BCUT2D eigenvalue weighted by atomic mass is 16.5. The molecule has 2 aliphatic rings. The number of carbonyl (C=O) groups is 2. The summed E-state index contributed by atoms with van der Waals surface area (Å²) in [6.07, 6.45) is 4.90. The lowest BCUT2D eigenvalue weighted by atomic mass is 10.1. The summed E-state index contributed by atoms with van der Waals surface area (Å²) in [5.41, 5.74) is 0. The normalized spacial score (nSPS) is 33.0. The van der Waals surface area contributed by atoms with Gasteiger partial charge in [0.25, 0.3) is 0 Å². The molecule has 7 heteroatoms. The van der Waals surface area contributed by atoms with Crippen LogP contribution in [-0.4, -0.2) is 59.5 Å². The highest BCUT2D eigenvalue weighted by molar-refractivity contribution is 5.97. The number of carbonyl (C=O) groups excluding carboxylic acids is 2. The van der Waals surface area contributed by atoms with Gasteiger partial charge in [-0.05, 0) is 12.8 Å². The van der Waals surface area contributed by atoms with Crippen LogP contribution in [0.1, 0.15) is 59.3 Å². The molecule has 0 bridgehead atoms. The van der Waals surface area contributed by atoms with Gasteiger partial charge in [-0.3, -0.25) is 15.4 Å². The van der Waals surface area contributed by atoms with Crippen LogP contribution in [0, 0.1) is 5.92 Å². The summed E-state index contributed by atoms with van der Waals surface area (Å²) in [4.78, 5) is 25.5. The van der Waals surface area contributed by atoms with E-state index in [9.17, 15) is 14.7 Å². The van der Waals surface area contributed by atoms with Crippen LogP contribution in [0.4, 0.5) is 4.79 Å². The van der Waals surface area contributed by atoms with Gasteiger partial charge in [0.05, 0.1) is 12.0 Å². The smallest absolute Gasteiger partial charge is 0.325 e. The van der Waals surface area contributed by atoms with Gasteiger partial charge in [-0.2, -0.15) is 0 Å². The average molecular weight is 355 g/mol. The minimum atomic E-state index is -0.661. The molecular formula is C18H33N3O4. The third kappa shape index (κ3) is 4.92. The zero-order valence-electron chi connectivity index (χ0n) is 15.7. The fourth-order valence-corrected chi connectivity index (χ4v) is 3.57. The number of hydrogen-bond acceptors (Lipinski definition) is 5. The molecule has 7 nitrogen and oxygen atoms in total. The predicted molar refractivity (Wildman–Crippen MR) is 94.9 cm³/mol. The maximum absolute atomic E-state index is 12.2. The van der Waals surface area contributed by atoms with Crippen molar-refractivity contribution in [3.8, 4) is 0 Å². The van der Waals surface area contributed by atoms with Crippen molar-refractivity contribution in [3.63, 3.8) is 0 Å². The average Bonchev–Trinajstić information content (AvgIpc) is 2.90. The number of hydrogen-bond donors (Lipinski definition) is 3. The van der Waals surface area contributed by atoms with E-state index in [-0.39, 0.29) is 17.9 Å². The molecule has 2 fully saturated rings. The van der Waals surface area contributed by atoms with Gasteiger partial charge in [0, 0.05) is 19.2 Å². The van der Waals surface area contributed by atoms with Crippen LogP contribution in [0.2, 0.25) is 0 Å². The van der Waals surface area contributed by atoms with E-state index in [1.807, 2.05) is 6.92 Å². The first-order chi connectivity index (χ1) is 12.0. The number of urea groups is 1. The molecule has 0 spiro atoms. The van der Waals surface area contributed by atoms with Gasteiger partial charge in [-0.1, -0.05) is 46.5 Å². The second-order valence-electron chi connectivity index (χ2n) is 7.21. The molecule has 0 saturated carbocycles. The SMILES string of the molecule is CCCCCCCO[C@H]1C(O)[C@@H](CC)N[C@H]1N1CC(C)C(=O)NC1=O. The number of nitrogens with zero attached hydrogens (tertiary/aromatic N) is 1. The second-order valence-corrected chi connectivity index (χ2v) is 7.21. The van der Waals surface area contributed by atoms with E-state index in [0.29, 0.717) is 13.2 Å². The molecule has 2 heterocycles. The van der Waals surface area contributed by atoms with Gasteiger partial charge in [-0.15, -0.1) is 0 Å². The number of aliphatic hydroxyl groups is 1. The number of nitrogens with one attached hydrogen (secondary N) is 2. The summed E-state index contributed by atoms with van der Waals surface area (Å²) >= 11 is 0. The first kappa shape index (κ1) is 20.1. The van der Waals surface area contributed by atoms with Crippen molar-refractivity contribution in [3.05, 3.63) is 0 Å². The van der Waals surface area contributed by atoms with E-state index in [1.165, 1.54) is 19.3 Å². The lowest BCUT2D eigenvalue weighted by Crippen LogP contribution is -2.62. The van der Waals surface area contributed by atoms with E-state index < -0.39 is 24.4 Å².